The highest BCUT2D eigenvalue weighted by Crippen LogP contribution is 2.46. The lowest BCUT2D eigenvalue weighted by molar-refractivity contribution is 0.299. The molecule has 46 valence electrons. The second-order valence-corrected chi connectivity index (χ2v) is 2.59. The van der Waals surface area contributed by atoms with Crippen LogP contribution in [0, 0.1) is 0 Å². The predicted octanol–water partition coefficient (Wildman–Crippen LogP) is 0.00860. The first kappa shape index (κ1) is 3.93. The second-order valence-electron chi connectivity index (χ2n) is 2.59. The molecule has 1 fully saturated rings. The molecule has 3 heteroatoms. The lowest BCUT2D eigenvalue weighted by Crippen LogP contribution is -2.68. The van der Waals surface area contributed by atoms with Crippen molar-refractivity contribution in [3.05, 3.63) is 23.3 Å². The first-order valence-corrected chi connectivity index (χ1v) is 3.00. The first-order valence-electron chi connectivity index (χ1n) is 3.00. The first-order chi connectivity index (χ1) is 4.38. The number of fused-ring (bicyclic) bond motifs is 4. The Labute approximate surface area is 51.4 Å². The van der Waals surface area contributed by atoms with Crippen LogP contribution in [0.2, 0.25) is 0 Å². The SMILES string of the molecule is FC1=C2C3=CNC3C2N1. The molecule has 2 heterocycles. The van der Waals surface area contributed by atoms with E-state index in [1.54, 1.807) is 0 Å². The molecule has 0 bridgehead atoms. The summed E-state index contributed by atoms with van der Waals surface area (Å²) in [4.78, 5) is 0. The van der Waals surface area contributed by atoms with Gasteiger partial charge in [0.2, 0.25) is 0 Å². The largest absolute Gasteiger partial charge is 0.381 e. The number of hydrogen-bond acceptors (Lipinski definition) is 2. The van der Waals surface area contributed by atoms with E-state index in [4.69, 9.17) is 0 Å². The molecule has 0 spiro atoms. The van der Waals surface area contributed by atoms with E-state index in [0.29, 0.717) is 12.1 Å². The third-order valence-electron chi connectivity index (χ3n) is 2.23. The Hall–Kier alpha value is -0.990. The summed E-state index contributed by atoms with van der Waals surface area (Å²) < 4.78 is 12.4. The maximum Gasteiger partial charge on any atom is 0.193 e. The molecule has 0 aromatic heterocycles. The van der Waals surface area contributed by atoms with Crippen LogP contribution in [-0.4, -0.2) is 12.1 Å². The fourth-order valence-corrected chi connectivity index (χ4v) is 1.59. The van der Waals surface area contributed by atoms with Crippen LogP contribution in [0.1, 0.15) is 0 Å². The zero-order chi connectivity index (χ0) is 6.01. The van der Waals surface area contributed by atoms with Gasteiger partial charge in [-0.25, -0.2) is 0 Å². The van der Waals surface area contributed by atoms with Crippen LogP contribution < -0.4 is 10.6 Å². The van der Waals surface area contributed by atoms with E-state index in [1.165, 1.54) is 0 Å². The number of rotatable bonds is 0. The monoisotopic (exact) mass is 124 g/mol. The highest BCUT2D eigenvalue weighted by atomic mass is 19.1. The van der Waals surface area contributed by atoms with Crippen LogP contribution in [0.4, 0.5) is 4.39 Å². The van der Waals surface area contributed by atoms with Crippen LogP contribution >= 0.6 is 0 Å². The summed E-state index contributed by atoms with van der Waals surface area (Å²) in [5.41, 5.74) is 2.06. The van der Waals surface area contributed by atoms with Crippen LogP contribution in [0.3, 0.4) is 0 Å². The van der Waals surface area contributed by atoms with Crippen LogP contribution in [0.5, 0.6) is 0 Å². The summed E-state index contributed by atoms with van der Waals surface area (Å²) in [6.07, 6.45) is 1.87. The van der Waals surface area contributed by atoms with Gasteiger partial charge in [0.15, 0.2) is 5.95 Å². The Bertz CT molecular complexity index is 254. The van der Waals surface area contributed by atoms with Crippen molar-refractivity contribution in [3.63, 3.8) is 0 Å². The molecular weight excluding hydrogens is 119 g/mol. The van der Waals surface area contributed by atoms with Crippen molar-refractivity contribution in [2.45, 2.75) is 12.1 Å². The van der Waals surface area contributed by atoms with Crippen LogP contribution in [0.25, 0.3) is 0 Å². The van der Waals surface area contributed by atoms with Crippen molar-refractivity contribution >= 4 is 0 Å². The van der Waals surface area contributed by atoms with Gasteiger partial charge in [-0.15, -0.1) is 0 Å². The molecule has 0 radical (unpaired) electrons. The Morgan fingerprint density at radius 3 is 2.67 bits per heavy atom. The van der Waals surface area contributed by atoms with Crippen LogP contribution in [0.15, 0.2) is 23.3 Å². The van der Waals surface area contributed by atoms with E-state index in [9.17, 15) is 4.39 Å². The molecule has 9 heavy (non-hydrogen) atoms. The van der Waals surface area contributed by atoms with Crippen molar-refractivity contribution in [3.8, 4) is 0 Å². The molecule has 3 aliphatic rings. The van der Waals surface area contributed by atoms with Crippen molar-refractivity contribution in [1.29, 1.82) is 0 Å². The number of hydrogen-bond donors (Lipinski definition) is 2. The van der Waals surface area contributed by atoms with E-state index in [1.807, 2.05) is 6.20 Å². The molecule has 0 amide bonds. The number of halogens is 1. The Balaban J connectivity index is 2.16. The van der Waals surface area contributed by atoms with Crippen LogP contribution in [-0.2, 0) is 0 Å². The van der Waals surface area contributed by atoms with Gasteiger partial charge in [-0.05, 0) is 0 Å². The zero-order valence-corrected chi connectivity index (χ0v) is 4.61. The molecule has 1 aliphatic carbocycles. The average molecular weight is 124 g/mol. The molecule has 3 rings (SSSR count). The van der Waals surface area contributed by atoms with Crippen molar-refractivity contribution in [1.82, 2.24) is 10.6 Å². The Kier molecular flexibility index (Phi) is 0.382. The molecule has 2 nitrogen and oxygen atoms in total. The quantitative estimate of drug-likeness (QED) is 0.444. The highest BCUT2D eigenvalue weighted by Gasteiger charge is 2.53. The lowest BCUT2D eigenvalue weighted by atomic mass is 9.68. The maximum atomic E-state index is 12.4. The zero-order valence-electron chi connectivity index (χ0n) is 4.61. The lowest BCUT2D eigenvalue weighted by Gasteiger charge is -2.53. The van der Waals surface area contributed by atoms with Crippen molar-refractivity contribution in [2.75, 3.05) is 0 Å². The number of nitrogens with one attached hydrogen (secondary N) is 2. The van der Waals surface area contributed by atoms with Gasteiger partial charge in [0, 0.05) is 17.3 Å². The minimum atomic E-state index is -0.121. The van der Waals surface area contributed by atoms with Gasteiger partial charge in [-0.2, -0.15) is 4.39 Å². The fourth-order valence-electron chi connectivity index (χ4n) is 1.59. The van der Waals surface area contributed by atoms with E-state index in [2.05, 4.69) is 10.6 Å². The molecule has 0 aromatic carbocycles. The van der Waals surface area contributed by atoms with Gasteiger partial charge in [-0.3, -0.25) is 0 Å². The third-order valence-corrected chi connectivity index (χ3v) is 2.23. The molecule has 2 aliphatic heterocycles. The molecular formula is C6H5FN2. The summed E-state index contributed by atoms with van der Waals surface area (Å²) in [7, 11) is 0. The van der Waals surface area contributed by atoms with Gasteiger partial charge in [-0.1, -0.05) is 0 Å². The fraction of sp³-hybridized carbons (Fsp3) is 0.333. The third kappa shape index (κ3) is 0.224. The Morgan fingerprint density at radius 1 is 1.44 bits per heavy atom. The standard InChI is InChI=1S/C6H5FN2/c7-6-3-2-1-8-4(2)5(3)9-6/h1,4-5,8-9H. The molecule has 1 saturated carbocycles. The normalized spacial score (nSPS) is 41.7. The smallest absolute Gasteiger partial charge is 0.193 e. The molecule has 0 saturated heterocycles. The highest BCUT2D eigenvalue weighted by molar-refractivity contribution is 5.62. The van der Waals surface area contributed by atoms with E-state index in [0.717, 1.165) is 11.1 Å². The van der Waals surface area contributed by atoms with E-state index in [-0.39, 0.29) is 5.95 Å². The molecule has 2 atom stereocenters. The predicted molar refractivity (Wildman–Crippen MR) is 30.1 cm³/mol. The second kappa shape index (κ2) is 0.875. The minimum Gasteiger partial charge on any atom is -0.381 e. The van der Waals surface area contributed by atoms with Gasteiger partial charge >= 0.3 is 0 Å². The average Bonchev–Trinajstić information content (AvgIpc) is 1.79. The van der Waals surface area contributed by atoms with Gasteiger partial charge in [0.05, 0.1) is 12.1 Å². The maximum absolute atomic E-state index is 12.4. The van der Waals surface area contributed by atoms with Crippen molar-refractivity contribution < 1.29 is 4.39 Å². The molecule has 0 aromatic rings. The summed E-state index contributed by atoms with van der Waals surface area (Å²) in [5.74, 6) is -0.121. The van der Waals surface area contributed by atoms with Gasteiger partial charge in [0.25, 0.3) is 0 Å². The molecule has 2 N–H and O–H groups in total. The van der Waals surface area contributed by atoms with Crippen molar-refractivity contribution in [2.24, 2.45) is 0 Å². The summed E-state index contributed by atoms with van der Waals surface area (Å²) in [5, 5.41) is 5.75. The minimum absolute atomic E-state index is 0.121. The summed E-state index contributed by atoms with van der Waals surface area (Å²) in [6, 6.07) is 0.726. The van der Waals surface area contributed by atoms with Gasteiger partial charge < -0.3 is 10.6 Å². The van der Waals surface area contributed by atoms with E-state index >= 15 is 0 Å². The van der Waals surface area contributed by atoms with Gasteiger partial charge in [0.1, 0.15) is 0 Å². The topological polar surface area (TPSA) is 24.1 Å². The Morgan fingerprint density at radius 2 is 2.33 bits per heavy atom. The van der Waals surface area contributed by atoms with E-state index < -0.39 is 0 Å². The summed E-state index contributed by atoms with van der Waals surface area (Å²) in [6.45, 7) is 0. The summed E-state index contributed by atoms with van der Waals surface area (Å²) >= 11 is 0. The molecule has 2 unspecified atom stereocenters.